The number of nitrogens with zero attached hydrogens (tertiary/aromatic N) is 5. The van der Waals surface area contributed by atoms with Crippen molar-refractivity contribution in [1.29, 1.82) is 0 Å². The number of hydrogen-bond acceptors (Lipinski definition) is 4. The molecule has 10 heteroatoms. The topological polar surface area (TPSA) is 69.1 Å². The van der Waals surface area contributed by atoms with Crippen LogP contribution in [0.15, 0.2) is 64.4 Å². The highest BCUT2D eigenvalue weighted by Gasteiger charge is 2.30. The molecule has 0 spiro atoms. The number of fused-ring (bicyclic) bond motifs is 1. The van der Waals surface area contributed by atoms with Gasteiger partial charge >= 0.3 is 11.9 Å². The fourth-order valence-corrected chi connectivity index (χ4v) is 4.04. The zero-order valence-electron chi connectivity index (χ0n) is 20.0. The fraction of sp³-hybridized carbons (Fsp3) is 0.320. The van der Waals surface area contributed by atoms with Crippen molar-refractivity contribution in [2.45, 2.75) is 33.1 Å². The molecule has 4 rings (SSSR count). The summed E-state index contributed by atoms with van der Waals surface area (Å²) in [6.45, 7) is 4.68. The first kappa shape index (κ1) is 24.3. The summed E-state index contributed by atoms with van der Waals surface area (Å²) in [4.78, 5) is 17.5. The van der Waals surface area contributed by atoms with E-state index in [4.69, 9.17) is 5.10 Å². The van der Waals surface area contributed by atoms with E-state index < -0.39 is 11.7 Å². The summed E-state index contributed by atoms with van der Waals surface area (Å²) >= 11 is 0. The Balaban J connectivity index is 1.95. The molecule has 0 aliphatic rings. The van der Waals surface area contributed by atoms with Crippen LogP contribution in [0.1, 0.15) is 25.0 Å². The number of rotatable bonds is 6. The Hall–Kier alpha value is -3.82. The largest absolute Gasteiger partial charge is 0.416 e. The quantitative estimate of drug-likeness (QED) is 0.437. The summed E-state index contributed by atoms with van der Waals surface area (Å²) in [6.07, 6.45) is -4.40. The van der Waals surface area contributed by atoms with Crippen molar-refractivity contribution in [2.24, 2.45) is 18.0 Å². The second kappa shape index (κ2) is 9.44. The van der Waals surface area contributed by atoms with E-state index in [2.05, 4.69) is 10.3 Å². The molecule has 0 atom stereocenters. The van der Waals surface area contributed by atoms with Gasteiger partial charge in [-0.3, -0.25) is 14.1 Å². The fourth-order valence-electron chi connectivity index (χ4n) is 4.04. The lowest BCUT2D eigenvalue weighted by molar-refractivity contribution is -0.137. The molecule has 2 aromatic carbocycles. The Morgan fingerprint density at radius 1 is 1.06 bits per heavy atom. The predicted octanol–water partition coefficient (Wildman–Crippen LogP) is 4.53. The van der Waals surface area contributed by atoms with Crippen molar-refractivity contribution in [3.05, 3.63) is 81.7 Å². The van der Waals surface area contributed by atoms with Crippen molar-refractivity contribution in [3.63, 3.8) is 0 Å². The Morgan fingerprint density at radius 3 is 2.29 bits per heavy atom. The van der Waals surface area contributed by atoms with E-state index in [1.54, 1.807) is 23.3 Å². The molecule has 0 amide bonds. The van der Waals surface area contributed by atoms with E-state index in [1.807, 2.05) is 44.2 Å². The number of alkyl halides is 3. The zero-order chi connectivity index (χ0) is 25.3. The SMILES string of the molecule is CN=c1c2c(Nc3ccccc3)n(Cc3ccc(C(F)(F)F)cc3)nc2n(CC(C)C)c(=O)n1C. The molecular weight excluding hydrogens is 457 g/mol. The molecule has 0 saturated carbocycles. The lowest BCUT2D eigenvalue weighted by Gasteiger charge is -2.13. The lowest BCUT2D eigenvalue weighted by Crippen LogP contribution is -2.39. The molecule has 0 radical (unpaired) electrons. The molecule has 0 unspecified atom stereocenters. The molecule has 2 heterocycles. The molecule has 0 fully saturated rings. The summed E-state index contributed by atoms with van der Waals surface area (Å²) in [5.41, 5.74) is 1.42. The van der Waals surface area contributed by atoms with Gasteiger partial charge in [0.25, 0.3) is 0 Å². The van der Waals surface area contributed by atoms with Gasteiger partial charge in [0.1, 0.15) is 16.7 Å². The average Bonchev–Trinajstić information content (AvgIpc) is 3.15. The van der Waals surface area contributed by atoms with Crippen LogP contribution in [0.2, 0.25) is 0 Å². The average molecular weight is 485 g/mol. The maximum absolute atomic E-state index is 13.2. The van der Waals surface area contributed by atoms with E-state index in [0.29, 0.717) is 34.4 Å². The summed E-state index contributed by atoms with van der Waals surface area (Å²) in [5, 5.41) is 8.80. The van der Waals surface area contributed by atoms with Gasteiger partial charge in [0.15, 0.2) is 5.65 Å². The number of hydrogen-bond donors (Lipinski definition) is 1. The number of anilines is 2. The minimum atomic E-state index is -4.40. The number of nitrogens with one attached hydrogen (secondary N) is 1. The van der Waals surface area contributed by atoms with Gasteiger partial charge in [-0.25, -0.2) is 9.48 Å². The van der Waals surface area contributed by atoms with Crippen LogP contribution in [0, 0.1) is 5.92 Å². The Labute approximate surface area is 200 Å². The van der Waals surface area contributed by atoms with Crippen molar-refractivity contribution >= 4 is 22.5 Å². The van der Waals surface area contributed by atoms with Gasteiger partial charge in [-0.15, -0.1) is 0 Å². The van der Waals surface area contributed by atoms with Crippen LogP contribution in [-0.2, 0) is 26.3 Å². The third-order valence-electron chi connectivity index (χ3n) is 5.66. The molecule has 0 aliphatic heterocycles. The molecular formula is C25H27F3N6O. The Morgan fingerprint density at radius 2 is 1.71 bits per heavy atom. The van der Waals surface area contributed by atoms with Gasteiger partial charge in [0.2, 0.25) is 0 Å². The van der Waals surface area contributed by atoms with Gasteiger partial charge in [-0.1, -0.05) is 44.2 Å². The summed E-state index contributed by atoms with van der Waals surface area (Å²) in [5.74, 6) is 0.783. The second-order valence-corrected chi connectivity index (χ2v) is 8.78. The molecule has 0 saturated heterocycles. The Kier molecular flexibility index (Phi) is 6.56. The molecule has 0 aliphatic carbocycles. The minimum Gasteiger partial charge on any atom is -0.340 e. The third kappa shape index (κ3) is 4.87. The van der Waals surface area contributed by atoms with Gasteiger partial charge in [0.05, 0.1) is 12.1 Å². The number of aromatic nitrogens is 4. The number of para-hydroxylation sites is 1. The summed E-state index contributed by atoms with van der Waals surface area (Å²) in [6, 6.07) is 14.5. The Bertz CT molecular complexity index is 1460. The van der Waals surface area contributed by atoms with Crippen LogP contribution in [0.25, 0.3) is 11.0 Å². The van der Waals surface area contributed by atoms with Gasteiger partial charge in [-0.05, 0) is 35.7 Å². The molecule has 4 aromatic rings. The van der Waals surface area contributed by atoms with Crippen LogP contribution < -0.4 is 16.5 Å². The third-order valence-corrected chi connectivity index (χ3v) is 5.66. The molecule has 35 heavy (non-hydrogen) atoms. The van der Waals surface area contributed by atoms with Crippen molar-refractivity contribution in [2.75, 3.05) is 12.4 Å². The van der Waals surface area contributed by atoms with E-state index in [1.165, 1.54) is 16.7 Å². The standard InChI is InChI=1S/C25H27F3N6O/c1-16(2)14-33-23-20(21(29-3)32(4)24(33)35)22(30-19-8-6-5-7-9-19)34(31-23)15-17-10-12-18(13-11-17)25(26,27)28/h5-13,16,30H,14-15H2,1-4H3. The second-order valence-electron chi connectivity index (χ2n) is 8.78. The van der Waals surface area contributed by atoms with E-state index in [9.17, 15) is 18.0 Å². The molecule has 184 valence electrons. The molecule has 0 bridgehead atoms. The van der Waals surface area contributed by atoms with Crippen LogP contribution in [0.5, 0.6) is 0 Å². The van der Waals surface area contributed by atoms with Crippen molar-refractivity contribution in [1.82, 2.24) is 18.9 Å². The lowest BCUT2D eigenvalue weighted by atomic mass is 10.1. The highest BCUT2D eigenvalue weighted by atomic mass is 19.4. The first-order valence-corrected chi connectivity index (χ1v) is 11.2. The molecule has 1 N–H and O–H groups in total. The van der Waals surface area contributed by atoms with E-state index in [0.717, 1.165) is 17.8 Å². The monoisotopic (exact) mass is 484 g/mol. The number of halogens is 3. The highest BCUT2D eigenvalue weighted by molar-refractivity contribution is 5.89. The first-order chi connectivity index (χ1) is 16.6. The van der Waals surface area contributed by atoms with Gasteiger partial charge < -0.3 is 5.32 Å². The van der Waals surface area contributed by atoms with Gasteiger partial charge in [-0.2, -0.15) is 18.3 Å². The van der Waals surface area contributed by atoms with Crippen molar-refractivity contribution < 1.29 is 13.2 Å². The summed E-state index contributed by atoms with van der Waals surface area (Å²) < 4.78 is 43.9. The smallest absolute Gasteiger partial charge is 0.340 e. The predicted molar refractivity (Wildman–Crippen MR) is 130 cm³/mol. The van der Waals surface area contributed by atoms with Crippen LogP contribution in [0.4, 0.5) is 24.7 Å². The number of benzene rings is 2. The normalized spacial score (nSPS) is 12.6. The van der Waals surface area contributed by atoms with Crippen LogP contribution >= 0.6 is 0 Å². The van der Waals surface area contributed by atoms with E-state index >= 15 is 0 Å². The van der Waals surface area contributed by atoms with E-state index in [-0.39, 0.29) is 18.2 Å². The highest BCUT2D eigenvalue weighted by Crippen LogP contribution is 2.30. The maximum atomic E-state index is 13.2. The molecule has 7 nitrogen and oxygen atoms in total. The van der Waals surface area contributed by atoms with Crippen LogP contribution in [-0.4, -0.2) is 26.0 Å². The zero-order valence-corrected chi connectivity index (χ0v) is 20.0. The van der Waals surface area contributed by atoms with Crippen molar-refractivity contribution in [3.8, 4) is 0 Å². The molecule has 2 aromatic heterocycles. The minimum absolute atomic E-state index is 0.186. The summed E-state index contributed by atoms with van der Waals surface area (Å²) in [7, 11) is 3.28. The van der Waals surface area contributed by atoms with Gasteiger partial charge in [0, 0.05) is 26.3 Å². The first-order valence-electron chi connectivity index (χ1n) is 11.2. The maximum Gasteiger partial charge on any atom is 0.416 e. The van der Waals surface area contributed by atoms with Crippen LogP contribution in [0.3, 0.4) is 0 Å².